The molecule has 1 nitrogen and oxygen atoms in total. The molecule has 0 bridgehead atoms. The van der Waals surface area contributed by atoms with Gasteiger partial charge in [0.1, 0.15) is 5.75 Å². The summed E-state index contributed by atoms with van der Waals surface area (Å²) in [5, 5.41) is 9.81. The minimum atomic E-state index is 0.417. The van der Waals surface area contributed by atoms with E-state index in [4.69, 9.17) is 0 Å². The van der Waals surface area contributed by atoms with Crippen molar-refractivity contribution in [1.82, 2.24) is 0 Å². The van der Waals surface area contributed by atoms with Crippen LogP contribution in [0.4, 0.5) is 0 Å². The molecule has 21 heavy (non-hydrogen) atoms. The van der Waals surface area contributed by atoms with Crippen LogP contribution in [0.25, 0.3) is 0 Å². The fourth-order valence-electron chi connectivity index (χ4n) is 5.34. The number of aryl methyl sites for hydroxylation is 1. The lowest BCUT2D eigenvalue weighted by Crippen LogP contribution is -2.44. The third-order valence-corrected chi connectivity index (χ3v) is 6.18. The highest BCUT2D eigenvalue weighted by molar-refractivity contribution is 5.42. The second-order valence-electron chi connectivity index (χ2n) is 7.41. The van der Waals surface area contributed by atoms with Crippen LogP contribution in [0.15, 0.2) is 18.2 Å². The van der Waals surface area contributed by atoms with Crippen molar-refractivity contribution in [2.45, 2.75) is 77.0 Å². The van der Waals surface area contributed by atoms with Gasteiger partial charge in [0.25, 0.3) is 0 Å². The molecular weight excluding hydrogens is 256 g/mol. The topological polar surface area (TPSA) is 20.2 Å². The van der Waals surface area contributed by atoms with Crippen LogP contribution in [0, 0.1) is 11.8 Å². The molecule has 0 aromatic heterocycles. The minimum Gasteiger partial charge on any atom is -0.508 e. The SMILES string of the molecule is CCCC1CC[C@@]2(CCC)c3ccc(O)cc3CC[C@H]2C1. The fraction of sp³-hybridized carbons (Fsp3) is 0.700. The molecule has 1 unspecified atom stereocenters. The van der Waals surface area contributed by atoms with Gasteiger partial charge in [-0.15, -0.1) is 0 Å². The number of hydrogen-bond donors (Lipinski definition) is 1. The van der Waals surface area contributed by atoms with Gasteiger partial charge in [0.2, 0.25) is 0 Å². The van der Waals surface area contributed by atoms with Crippen LogP contribution in [0.5, 0.6) is 5.75 Å². The van der Waals surface area contributed by atoms with Gasteiger partial charge in [-0.25, -0.2) is 0 Å². The fourth-order valence-corrected chi connectivity index (χ4v) is 5.34. The van der Waals surface area contributed by atoms with Crippen LogP contribution in [-0.2, 0) is 11.8 Å². The first-order valence-electron chi connectivity index (χ1n) is 9.02. The number of rotatable bonds is 4. The molecular formula is C20H30O. The van der Waals surface area contributed by atoms with Crippen LogP contribution in [-0.4, -0.2) is 5.11 Å². The van der Waals surface area contributed by atoms with Crippen molar-refractivity contribution in [3.63, 3.8) is 0 Å². The average molecular weight is 286 g/mol. The first-order chi connectivity index (χ1) is 10.2. The standard InChI is InChI=1S/C20H30O/c1-3-5-15-10-12-20(11-4-2)17(13-15)7-6-16-14-18(21)8-9-19(16)20/h8-9,14-15,17,21H,3-7,10-13H2,1-2H3/t15?,17-,20+/m0/s1. The lowest BCUT2D eigenvalue weighted by molar-refractivity contribution is 0.104. The predicted octanol–water partition coefficient (Wildman–Crippen LogP) is 5.59. The van der Waals surface area contributed by atoms with E-state index in [1.807, 2.05) is 12.1 Å². The highest BCUT2D eigenvalue weighted by Crippen LogP contribution is 2.54. The maximum atomic E-state index is 9.81. The molecule has 1 heteroatoms. The zero-order valence-electron chi connectivity index (χ0n) is 13.7. The molecule has 2 aliphatic carbocycles. The monoisotopic (exact) mass is 286 g/mol. The summed E-state index contributed by atoms with van der Waals surface area (Å²) in [5.74, 6) is 2.28. The van der Waals surface area contributed by atoms with Crippen molar-refractivity contribution < 1.29 is 5.11 Å². The van der Waals surface area contributed by atoms with Crippen LogP contribution in [0.2, 0.25) is 0 Å². The molecule has 0 amide bonds. The smallest absolute Gasteiger partial charge is 0.115 e. The lowest BCUT2D eigenvalue weighted by atomic mass is 9.53. The van der Waals surface area contributed by atoms with Gasteiger partial charge in [0.15, 0.2) is 0 Å². The third kappa shape index (κ3) is 2.60. The summed E-state index contributed by atoms with van der Waals surface area (Å²) < 4.78 is 0. The zero-order chi connectivity index (χ0) is 14.9. The first kappa shape index (κ1) is 14.9. The summed E-state index contributed by atoms with van der Waals surface area (Å²) >= 11 is 0. The molecule has 3 rings (SSSR count). The summed E-state index contributed by atoms with van der Waals surface area (Å²) in [5.41, 5.74) is 3.42. The number of aromatic hydroxyl groups is 1. The molecule has 1 aromatic carbocycles. The quantitative estimate of drug-likeness (QED) is 0.764. The van der Waals surface area contributed by atoms with E-state index in [9.17, 15) is 5.11 Å². The van der Waals surface area contributed by atoms with Crippen molar-refractivity contribution in [1.29, 1.82) is 0 Å². The van der Waals surface area contributed by atoms with Gasteiger partial charge >= 0.3 is 0 Å². The van der Waals surface area contributed by atoms with Crippen molar-refractivity contribution in [3.05, 3.63) is 29.3 Å². The van der Waals surface area contributed by atoms with Gasteiger partial charge in [-0.2, -0.15) is 0 Å². The zero-order valence-corrected chi connectivity index (χ0v) is 13.7. The maximum absolute atomic E-state index is 9.81. The molecule has 2 aliphatic rings. The molecule has 0 heterocycles. The van der Waals surface area contributed by atoms with Crippen LogP contribution < -0.4 is 0 Å². The number of hydrogen-bond acceptors (Lipinski definition) is 1. The van der Waals surface area contributed by atoms with E-state index in [1.165, 1.54) is 63.4 Å². The van der Waals surface area contributed by atoms with E-state index >= 15 is 0 Å². The van der Waals surface area contributed by atoms with Crippen LogP contribution in [0.3, 0.4) is 0 Å². The summed E-state index contributed by atoms with van der Waals surface area (Å²) in [4.78, 5) is 0. The summed E-state index contributed by atoms with van der Waals surface area (Å²) in [6, 6.07) is 6.19. The highest BCUT2D eigenvalue weighted by atomic mass is 16.3. The molecule has 1 saturated carbocycles. The van der Waals surface area contributed by atoms with Gasteiger partial charge in [0, 0.05) is 0 Å². The number of phenolic OH excluding ortho intramolecular Hbond substituents is 1. The summed E-state index contributed by atoms with van der Waals surface area (Å²) in [7, 11) is 0. The summed E-state index contributed by atoms with van der Waals surface area (Å²) in [6.45, 7) is 4.66. The molecule has 116 valence electrons. The molecule has 0 spiro atoms. The minimum absolute atomic E-state index is 0.417. The van der Waals surface area contributed by atoms with Crippen LogP contribution in [0.1, 0.15) is 76.3 Å². The van der Waals surface area contributed by atoms with E-state index < -0.39 is 0 Å². The second kappa shape index (κ2) is 6.02. The largest absolute Gasteiger partial charge is 0.508 e. The Morgan fingerprint density at radius 3 is 2.81 bits per heavy atom. The Morgan fingerprint density at radius 1 is 1.19 bits per heavy atom. The lowest BCUT2D eigenvalue weighted by Gasteiger charge is -2.51. The van der Waals surface area contributed by atoms with E-state index in [0.29, 0.717) is 11.2 Å². The van der Waals surface area contributed by atoms with E-state index in [1.54, 1.807) is 5.56 Å². The Balaban J connectivity index is 1.95. The van der Waals surface area contributed by atoms with Crippen LogP contribution >= 0.6 is 0 Å². The Kier molecular flexibility index (Phi) is 4.28. The van der Waals surface area contributed by atoms with Gasteiger partial charge in [-0.1, -0.05) is 39.2 Å². The maximum Gasteiger partial charge on any atom is 0.115 e. The van der Waals surface area contributed by atoms with Gasteiger partial charge in [0.05, 0.1) is 0 Å². The van der Waals surface area contributed by atoms with Crippen molar-refractivity contribution in [2.24, 2.45) is 11.8 Å². The van der Waals surface area contributed by atoms with E-state index in [0.717, 1.165) is 11.8 Å². The Labute approximate surface area is 129 Å². The third-order valence-electron chi connectivity index (χ3n) is 6.18. The molecule has 0 saturated heterocycles. The molecule has 1 N–H and O–H groups in total. The van der Waals surface area contributed by atoms with Gasteiger partial charge < -0.3 is 5.11 Å². The Bertz CT molecular complexity index is 493. The van der Waals surface area contributed by atoms with Gasteiger partial charge in [-0.05, 0) is 79.0 Å². The number of benzene rings is 1. The van der Waals surface area contributed by atoms with Crippen molar-refractivity contribution in [2.75, 3.05) is 0 Å². The molecule has 1 fully saturated rings. The highest BCUT2D eigenvalue weighted by Gasteiger charge is 2.46. The molecule has 0 aliphatic heterocycles. The normalized spacial score (nSPS) is 31.5. The summed E-state index contributed by atoms with van der Waals surface area (Å²) in [6.07, 6.45) is 12.1. The van der Waals surface area contributed by atoms with Crippen molar-refractivity contribution in [3.8, 4) is 5.75 Å². The molecule has 0 radical (unpaired) electrons. The Morgan fingerprint density at radius 2 is 2.05 bits per heavy atom. The number of phenols is 1. The first-order valence-corrected chi connectivity index (χ1v) is 9.02. The van der Waals surface area contributed by atoms with E-state index in [-0.39, 0.29) is 0 Å². The van der Waals surface area contributed by atoms with E-state index in [2.05, 4.69) is 19.9 Å². The van der Waals surface area contributed by atoms with Crippen molar-refractivity contribution >= 4 is 0 Å². The Hall–Kier alpha value is -0.980. The molecule has 1 aromatic rings. The number of fused-ring (bicyclic) bond motifs is 3. The second-order valence-corrected chi connectivity index (χ2v) is 7.41. The molecule has 3 atom stereocenters. The predicted molar refractivity (Wildman–Crippen MR) is 88.8 cm³/mol. The van der Waals surface area contributed by atoms with Gasteiger partial charge in [-0.3, -0.25) is 0 Å². The average Bonchev–Trinajstić information content (AvgIpc) is 2.48.